The molecular weight excluding hydrogens is 266 g/mol. The quantitative estimate of drug-likeness (QED) is 0.845. The first-order valence-corrected chi connectivity index (χ1v) is 8.58. The van der Waals surface area contributed by atoms with Gasteiger partial charge in [0.15, 0.2) is 0 Å². The Morgan fingerprint density at radius 1 is 1.19 bits per heavy atom. The van der Waals surface area contributed by atoms with Gasteiger partial charge in [-0.2, -0.15) is 0 Å². The summed E-state index contributed by atoms with van der Waals surface area (Å²) < 4.78 is 0. The van der Waals surface area contributed by atoms with Crippen LogP contribution in [0.5, 0.6) is 0 Å². The summed E-state index contributed by atoms with van der Waals surface area (Å²) in [6.45, 7) is 3.06. The third-order valence-corrected chi connectivity index (χ3v) is 5.55. The van der Waals surface area contributed by atoms with E-state index < -0.39 is 11.4 Å². The van der Waals surface area contributed by atoms with Crippen molar-refractivity contribution in [2.45, 2.75) is 71.1 Å². The van der Waals surface area contributed by atoms with Gasteiger partial charge >= 0.3 is 5.97 Å². The summed E-state index contributed by atoms with van der Waals surface area (Å²) >= 11 is 0. The van der Waals surface area contributed by atoms with Gasteiger partial charge in [-0.05, 0) is 31.6 Å². The molecule has 4 nitrogen and oxygen atoms in total. The summed E-state index contributed by atoms with van der Waals surface area (Å²) in [6, 6.07) is 0. The number of piperidine rings is 1. The predicted octanol–water partition coefficient (Wildman–Crippen LogP) is 3.45. The van der Waals surface area contributed by atoms with Crippen LogP contribution in [0.2, 0.25) is 0 Å². The molecule has 1 heterocycles. The van der Waals surface area contributed by atoms with Crippen molar-refractivity contribution >= 4 is 11.9 Å². The standard InChI is InChI=1S/C17H29NO3/c1-2-17(16(20)21)11-6-12-18(13-17)15(19)10-9-14-7-4-3-5-8-14/h14H,2-13H2,1H3,(H,20,21). The van der Waals surface area contributed by atoms with Crippen molar-refractivity contribution in [2.75, 3.05) is 13.1 Å². The molecule has 1 atom stereocenters. The van der Waals surface area contributed by atoms with Crippen LogP contribution < -0.4 is 0 Å². The number of amides is 1. The first kappa shape index (κ1) is 16.3. The number of hydrogen-bond donors (Lipinski definition) is 1. The molecule has 2 fully saturated rings. The predicted molar refractivity (Wildman–Crippen MR) is 82.0 cm³/mol. The van der Waals surface area contributed by atoms with Gasteiger partial charge in [0.2, 0.25) is 5.91 Å². The topological polar surface area (TPSA) is 57.6 Å². The lowest BCUT2D eigenvalue weighted by Crippen LogP contribution is -2.49. The van der Waals surface area contributed by atoms with Crippen molar-refractivity contribution in [3.05, 3.63) is 0 Å². The Balaban J connectivity index is 1.85. The van der Waals surface area contributed by atoms with Crippen LogP contribution in [0.15, 0.2) is 0 Å². The lowest BCUT2D eigenvalue weighted by Gasteiger charge is -2.39. The molecule has 0 spiro atoms. The lowest BCUT2D eigenvalue weighted by molar-refractivity contribution is -0.155. The monoisotopic (exact) mass is 295 g/mol. The molecule has 1 amide bonds. The minimum atomic E-state index is -0.741. The summed E-state index contributed by atoms with van der Waals surface area (Å²) in [5, 5.41) is 9.48. The Morgan fingerprint density at radius 2 is 1.90 bits per heavy atom. The van der Waals surface area contributed by atoms with Crippen LogP contribution in [0, 0.1) is 11.3 Å². The van der Waals surface area contributed by atoms with Gasteiger partial charge in [0.1, 0.15) is 0 Å². The molecule has 1 N–H and O–H groups in total. The average molecular weight is 295 g/mol. The van der Waals surface area contributed by atoms with E-state index in [1.54, 1.807) is 0 Å². The molecule has 1 aliphatic carbocycles. The molecule has 1 unspecified atom stereocenters. The molecule has 4 heteroatoms. The van der Waals surface area contributed by atoms with E-state index in [2.05, 4.69) is 0 Å². The van der Waals surface area contributed by atoms with E-state index in [-0.39, 0.29) is 5.91 Å². The Bertz CT molecular complexity index is 376. The van der Waals surface area contributed by atoms with Gasteiger partial charge in [0.05, 0.1) is 5.41 Å². The van der Waals surface area contributed by atoms with Crippen LogP contribution in [-0.4, -0.2) is 35.0 Å². The summed E-state index contributed by atoms with van der Waals surface area (Å²) in [5.74, 6) is 0.136. The zero-order valence-corrected chi connectivity index (χ0v) is 13.3. The van der Waals surface area contributed by atoms with Crippen LogP contribution >= 0.6 is 0 Å². The highest BCUT2D eigenvalue weighted by Crippen LogP contribution is 2.34. The SMILES string of the molecule is CCC1(C(=O)O)CCCN(C(=O)CCC2CCCCC2)C1. The molecule has 0 aromatic carbocycles. The van der Waals surface area contributed by atoms with Crippen molar-refractivity contribution in [1.29, 1.82) is 0 Å². The largest absolute Gasteiger partial charge is 0.481 e. The zero-order valence-electron chi connectivity index (χ0n) is 13.3. The minimum absolute atomic E-state index is 0.166. The van der Waals surface area contributed by atoms with E-state index in [0.29, 0.717) is 31.7 Å². The minimum Gasteiger partial charge on any atom is -0.481 e. The van der Waals surface area contributed by atoms with Crippen LogP contribution in [0.25, 0.3) is 0 Å². The van der Waals surface area contributed by atoms with Crippen LogP contribution in [0.4, 0.5) is 0 Å². The zero-order chi connectivity index (χ0) is 15.3. The third kappa shape index (κ3) is 3.98. The Hall–Kier alpha value is -1.06. The molecule has 120 valence electrons. The van der Waals surface area contributed by atoms with Crippen molar-refractivity contribution in [1.82, 2.24) is 4.90 Å². The average Bonchev–Trinajstić information content (AvgIpc) is 2.53. The highest BCUT2D eigenvalue weighted by Gasteiger charge is 2.41. The molecule has 1 aliphatic heterocycles. The molecule has 0 aromatic rings. The number of carboxylic acids is 1. The van der Waals surface area contributed by atoms with Gasteiger partial charge in [-0.25, -0.2) is 0 Å². The molecule has 2 rings (SSSR count). The molecule has 1 saturated carbocycles. The van der Waals surface area contributed by atoms with Gasteiger partial charge in [0, 0.05) is 19.5 Å². The smallest absolute Gasteiger partial charge is 0.311 e. The van der Waals surface area contributed by atoms with Crippen LogP contribution in [0.3, 0.4) is 0 Å². The molecule has 2 aliphatic rings. The number of likely N-dealkylation sites (tertiary alicyclic amines) is 1. The number of carbonyl (C=O) groups is 2. The number of aliphatic carboxylic acids is 1. The molecule has 1 saturated heterocycles. The number of hydrogen-bond acceptors (Lipinski definition) is 2. The van der Waals surface area contributed by atoms with Crippen molar-refractivity contribution < 1.29 is 14.7 Å². The van der Waals surface area contributed by atoms with E-state index in [4.69, 9.17) is 0 Å². The summed E-state index contributed by atoms with van der Waals surface area (Å²) in [4.78, 5) is 25.8. The van der Waals surface area contributed by atoms with E-state index in [9.17, 15) is 14.7 Å². The maximum absolute atomic E-state index is 12.4. The van der Waals surface area contributed by atoms with Crippen molar-refractivity contribution in [2.24, 2.45) is 11.3 Å². The van der Waals surface area contributed by atoms with Crippen LogP contribution in [-0.2, 0) is 9.59 Å². The normalized spacial score (nSPS) is 27.6. The maximum atomic E-state index is 12.4. The maximum Gasteiger partial charge on any atom is 0.311 e. The van der Waals surface area contributed by atoms with E-state index >= 15 is 0 Å². The molecular formula is C17H29NO3. The highest BCUT2D eigenvalue weighted by atomic mass is 16.4. The summed E-state index contributed by atoms with van der Waals surface area (Å²) in [6.07, 6.45) is 10.2. The lowest BCUT2D eigenvalue weighted by atomic mass is 9.77. The van der Waals surface area contributed by atoms with Gasteiger partial charge < -0.3 is 10.0 Å². The third-order valence-electron chi connectivity index (χ3n) is 5.55. The molecule has 0 bridgehead atoms. The number of carbonyl (C=O) groups excluding carboxylic acids is 1. The Kier molecular flexibility index (Phi) is 5.65. The fraction of sp³-hybridized carbons (Fsp3) is 0.882. The highest BCUT2D eigenvalue weighted by molar-refractivity contribution is 5.79. The van der Waals surface area contributed by atoms with Gasteiger partial charge in [-0.15, -0.1) is 0 Å². The Labute approximate surface area is 127 Å². The van der Waals surface area contributed by atoms with Gasteiger partial charge in [0.25, 0.3) is 0 Å². The molecule has 0 aromatic heterocycles. The summed E-state index contributed by atoms with van der Waals surface area (Å²) in [7, 11) is 0. The number of nitrogens with zero attached hydrogens (tertiary/aromatic N) is 1. The second kappa shape index (κ2) is 7.28. The van der Waals surface area contributed by atoms with Gasteiger partial charge in [-0.1, -0.05) is 39.0 Å². The van der Waals surface area contributed by atoms with E-state index in [0.717, 1.165) is 19.4 Å². The van der Waals surface area contributed by atoms with E-state index in [1.165, 1.54) is 32.1 Å². The van der Waals surface area contributed by atoms with Crippen molar-refractivity contribution in [3.63, 3.8) is 0 Å². The van der Waals surface area contributed by atoms with E-state index in [1.807, 2.05) is 11.8 Å². The Morgan fingerprint density at radius 3 is 2.52 bits per heavy atom. The first-order chi connectivity index (χ1) is 10.1. The fourth-order valence-corrected chi connectivity index (χ4v) is 3.92. The second-order valence-corrected chi connectivity index (χ2v) is 6.90. The summed E-state index contributed by atoms with van der Waals surface area (Å²) in [5.41, 5.74) is -0.710. The second-order valence-electron chi connectivity index (χ2n) is 6.90. The van der Waals surface area contributed by atoms with Crippen LogP contribution in [0.1, 0.15) is 71.1 Å². The number of rotatable bonds is 5. The number of carboxylic acid groups (broad SMARTS) is 1. The molecule has 0 radical (unpaired) electrons. The molecule has 21 heavy (non-hydrogen) atoms. The van der Waals surface area contributed by atoms with Gasteiger partial charge in [-0.3, -0.25) is 9.59 Å². The first-order valence-electron chi connectivity index (χ1n) is 8.58. The fourth-order valence-electron chi connectivity index (χ4n) is 3.92. The van der Waals surface area contributed by atoms with Crippen molar-refractivity contribution in [3.8, 4) is 0 Å².